The minimum atomic E-state index is -0.224. The van der Waals surface area contributed by atoms with Gasteiger partial charge in [0.1, 0.15) is 4.83 Å². The number of nitrogens with one attached hydrogen (secondary N) is 1. The molecule has 2 aromatic heterocycles. The third-order valence-electron chi connectivity index (χ3n) is 3.65. The van der Waals surface area contributed by atoms with Gasteiger partial charge in [0.25, 0.3) is 11.5 Å². The molecule has 23 heavy (non-hydrogen) atoms. The van der Waals surface area contributed by atoms with Crippen molar-refractivity contribution < 1.29 is 4.79 Å². The SMILES string of the molecule is Cc1cc(Br)ccc1NC(=O)c1sc2ncn(C)c(=O)c2c1C. The second-order valence-corrected chi connectivity index (χ2v) is 7.23. The molecule has 1 N–H and O–H groups in total. The lowest BCUT2D eigenvalue weighted by atomic mass is 10.2. The summed E-state index contributed by atoms with van der Waals surface area (Å²) in [4.78, 5) is 30.2. The minimum absolute atomic E-state index is 0.136. The first-order chi connectivity index (χ1) is 10.9. The van der Waals surface area contributed by atoms with Crippen LogP contribution in [0.4, 0.5) is 5.69 Å². The van der Waals surface area contributed by atoms with Crippen molar-refractivity contribution >= 4 is 49.1 Å². The fraction of sp³-hybridized carbons (Fsp3) is 0.188. The van der Waals surface area contributed by atoms with Crippen molar-refractivity contribution in [1.82, 2.24) is 9.55 Å². The second-order valence-electron chi connectivity index (χ2n) is 5.31. The fourth-order valence-corrected chi connectivity index (χ4v) is 3.88. The van der Waals surface area contributed by atoms with Crippen molar-refractivity contribution in [2.24, 2.45) is 7.05 Å². The number of hydrogen-bond acceptors (Lipinski definition) is 4. The van der Waals surface area contributed by atoms with E-state index in [4.69, 9.17) is 0 Å². The molecule has 5 nitrogen and oxygen atoms in total. The highest BCUT2D eigenvalue weighted by atomic mass is 79.9. The second kappa shape index (κ2) is 5.90. The largest absolute Gasteiger partial charge is 0.321 e. The number of fused-ring (bicyclic) bond motifs is 1. The molecule has 1 aromatic carbocycles. The van der Waals surface area contributed by atoms with Crippen LogP contribution in [-0.4, -0.2) is 15.5 Å². The molecule has 0 radical (unpaired) electrons. The van der Waals surface area contributed by atoms with Crippen molar-refractivity contribution in [3.05, 3.63) is 55.4 Å². The van der Waals surface area contributed by atoms with Crippen LogP contribution in [0.1, 0.15) is 20.8 Å². The Morgan fingerprint density at radius 2 is 2.09 bits per heavy atom. The predicted molar refractivity (Wildman–Crippen MR) is 96.4 cm³/mol. The van der Waals surface area contributed by atoms with Crippen molar-refractivity contribution in [3.63, 3.8) is 0 Å². The maximum atomic E-state index is 12.6. The van der Waals surface area contributed by atoms with Gasteiger partial charge >= 0.3 is 0 Å². The van der Waals surface area contributed by atoms with E-state index in [1.807, 2.05) is 25.1 Å². The molecule has 2 heterocycles. The lowest BCUT2D eigenvalue weighted by molar-refractivity contribution is 0.103. The maximum absolute atomic E-state index is 12.6. The zero-order chi connectivity index (χ0) is 16.7. The third kappa shape index (κ3) is 2.82. The summed E-state index contributed by atoms with van der Waals surface area (Å²) in [6, 6.07) is 5.65. The van der Waals surface area contributed by atoms with Crippen molar-refractivity contribution in [1.29, 1.82) is 0 Å². The first-order valence-electron chi connectivity index (χ1n) is 6.90. The standard InChI is InChI=1S/C16H14BrN3O2S/c1-8-6-10(17)4-5-11(8)19-14(21)13-9(2)12-15(23-13)18-7-20(3)16(12)22/h4-7H,1-3H3,(H,19,21). The van der Waals surface area contributed by atoms with Crippen LogP contribution in [-0.2, 0) is 7.05 Å². The van der Waals surface area contributed by atoms with Crippen molar-refractivity contribution in [3.8, 4) is 0 Å². The van der Waals surface area contributed by atoms with E-state index in [9.17, 15) is 9.59 Å². The van der Waals surface area contributed by atoms with Crippen LogP contribution in [0.5, 0.6) is 0 Å². The Morgan fingerprint density at radius 3 is 2.78 bits per heavy atom. The first-order valence-corrected chi connectivity index (χ1v) is 8.51. The van der Waals surface area contributed by atoms with Crippen LogP contribution in [0.3, 0.4) is 0 Å². The monoisotopic (exact) mass is 391 g/mol. The summed E-state index contributed by atoms with van der Waals surface area (Å²) in [7, 11) is 1.65. The number of hydrogen-bond donors (Lipinski definition) is 1. The average molecular weight is 392 g/mol. The van der Waals surface area contributed by atoms with Gasteiger partial charge in [-0.2, -0.15) is 0 Å². The average Bonchev–Trinajstić information content (AvgIpc) is 2.84. The molecular weight excluding hydrogens is 378 g/mol. The highest BCUT2D eigenvalue weighted by Gasteiger charge is 2.19. The summed E-state index contributed by atoms with van der Waals surface area (Å²) in [6.07, 6.45) is 1.47. The molecule has 0 aliphatic rings. The van der Waals surface area contributed by atoms with Gasteiger partial charge in [-0.3, -0.25) is 9.59 Å². The molecule has 0 aliphatic heterocycles. The van der Waals surface area contributed by atoms with Gasteiger partial charge in [0, 0.05) is 17.2 Å². The Hall–Kier alpha value is -1.99. The number of carbonyl (C=O) groups is 1. The van der Waals surface area contributed by atoms with Crippen LogP contribution in [0, 0.1) is 13.8 Å². The normalized spacial score (nSPS) is 11.0. The van der Waals surface area contributed by atoms with E-state index in [2.05, 4.69) is 26.2 Å². The number of rotatable bonds is 2. The van der Waals surface area contributed by atoms with Crippen LogP contribution >= 0.6 is 27.3 Å². The van der Waals surface area contributed by atoms with Crippen LogP contribution in [0.2, 0.25) is 0 Å². The first kappa shape index (κ1) is 15.9. The molecule has 0 aliphatic carbocycles. The molecule has 3 aromatic rings. The molecule has 3 rings (SSSR count). The minimum Gasteiger partial charge on any atom is -0.321 e. The Bertz CT molecular complexity index is 991. The van der Waals surface area contributed by atoms with Gasteiger partial charge in [-0.25, -0.2) is 4.98 Å². The molecule has 7 heteroatoms. The lowest BCUT2D eigenvalue weighted by Crippen LogP contribution is -2.17. The number of aromatic nitrogens is 2. The zero-order valence-corrected chi connectivity index (χ0v) is 15.2. The summed E-state index contributed by atoms with van der Waals surface area (Å²) in [5, 5.41) is 3.42. The van der Waals surface area contributed by atoms with Gasteiger partial charge in [-0.05, 0) is 43.2 Å². The van der Waals surface area contributed by atoms with Crippen molar-refractivity contribution in [2.75, 3.05) is 5.32 Å². The van der Waals surface area contributed by atoms with E-state index >= 15 is 0 Å². The van der Waals surface area contributed by atoms with E-state index in [-0.39, 0.29) is 11.5 Å². The number of nitrogens with zero attached hydrogens (tertiary/aromatic N) is 2. The van der Waals surface area contributed by atoms with Gasteiger partial charge in [-0.15, -0.1) is 11.3 Å². The summed E-state index contributed by atoms with van der Waals surface area (Å²) < 4.78 is 2.38. The Kier molecular flexibility index (Phi) is 4.08. The number of amides is 1. The molecule has 0 atom stereocenters. The number of carbonyl (C=O) groups excluding carboxylic acids is 1. The fourth-order valence-electron chi connectivity index (χ4n) is 2.37. The van der Waals surface area contributed by atoms with Crippen LogP contribution < -0.4 is 10.9 Å². The van der Waals surface area contributed by atoms with Gasteiger partial charge in [0.15, 0.2) is 0 Å². The maximum Gasteiger partial charge on any atom is 0.266 e. The van der Waals surface area contributed by atoms with E-state index in [0.717, 1.165) is 15.7 Å². The molecule has 0 saturated heterocycles. The summed E-state index contributed by atoms with van der Waals surface area (Å²) in [6.45, 7) is 3.71. The zero-order valence-electron chi connectivity index (χ0n) is 12.8. The molecule has 1 amide bonds. The quantitative estimate of drug-likeness (QED) is 0.725. The Morgan fingerprint density at radius 1 is 1.35 bits per heavy atom. The molecular formula is C16H14BrN3O2S. The van der Waals surface area contributed by atoms with Gasteiger partial charge in [0.2, 0.25) is 0 Å². The number of halogens is 1. The van der Waals surface area contributed by atoms with E-state index in [1.165, 1.54) is 22.2 Å². The number of thiophene rings is 1. The highest BCUT2D eigenvalue weighted by Crippen LogP contribution is 2.28. The molecule has 0 saturated carbocycles. The van der Waals surface area contributed by atoms with E-state index in [0.29, 0.717) is 20.7 Å². The molecule has 0 fully saturated rings. The topological polar surface area (TPSA) is 64.0 Å². The summed E-state index contributed by atoms with van der Waals surface area (Å²) in [5.41, 5.74) is 2.24. The van der Waals surface area contributed by atoms with Crippen LogP contribution in [0.25, 0.3) is 10.2 Å². The number of aryl methyl sites for hydroxylation is 3. The molecule has 0 unspecified atom stereocenters. The third-order valence-corrected chi connectivity index (χ3v) is 5.35. The molecule has 0 bridgehead atoms. The predicted octanol–water partition coefficient (Wildman–Crippen LogP) is 3.63. The van der Waals surface area contributed by atoms with Gasteiger partial charge in [0.05, 0.1) is 16.6 Å². The van der Waals surface area contributed by atoms with Crippen LogP contribution in [0.15, 0.2) is 33.8 Å². The molecule has 118 valence electrons. The summed E-state index contributed by atoms with van der Waals surface area (Å²) >= 11 is 4.64. The highest BCUT2D eigenvalue weighted by molar-refractivity contribution is 9.10. The Labute approximate surface area is 145 Å². The summed E-state index contributed by atoms with van der Waals surface area (Å²) in [5.74, 6) is -0.224. The van der Waals surface area contributed by atoms with E-state index in [1.54, 1.807) is 14.0 Å². The van der Waals surface area contributed by atoms with Crippen molar-refractivity contribution in [2.45, 2.75) is 13.8 Å². The lowest BCUT2D eigenvalue weighted by Gasteiger charge is -2.08. The Balaban J connectivity index is 2.03. The smallest absolute Gasteiger partial charge is 0.266 e. The number of anilines is 1. The molecule has 0 spiro atoms. The number of benzene rings is 1. The van der Waals surface area contributed by atoms with Gasteiger partial charge < -0.3 is 9.88 Å². The van der Waals surface area contributed by atoms with Gasteiger partial charge in [-0.1, -0.05) is 15.9 Å². The van der Waals surface area contributed by atoms with E-state index < -0.39 is 0 Å².